The summed E-state index contributed by atoms with van der Waals surface area (Å²) in [6, 6.07) is 4.91. The van der Waals surface area contributed by atoms with Crippen molar-refractivity contribution in [2.45, 2.75) is 39.0 Å². The number of carbonyl (C=O) groups is 4. The molecular formula is C25H32N4O7. The average Bonchev–Trinajstić information content (AvgIpc) is 3.39. The number of ether oxygens (including phenoxy) is 3. The van der Waals surface area contributed by atoms with Gasteiger partial charge in [-0.25, -0.2) is 4.79 Å². The molecule has 0 unspecified atom stereocenters. The van der Waals surface area contributed by atoms with Crippen LogP contribution in [0.15, 0.2) is 36.7 Å². The van der Waals surface area contributed by atoms with Gasteiger partial charge in [-0.1, -0.05) is 13.8 Å². The quantitative estimate of drug-likeness (QED) is 0.539. The predicted octanol–water partition coefficient (Wildman–Crippen LogP) is 1.36. The molecule has 0 spiro atoms. The molecule has 0 saturated carbocycles. The normalized spacial score (nSPS) is 21.1. The maximum atomic E-state index is 13.2. The third kappa shape index (κ3) is 6.15. The van der Waals surface area contributed by atoms with Crippen molar-refractivity contribution in [1.29, 1.82) is 0 Å². The van der Waals surface area contributed by atoms with Crippen molar-refractivity contribution in [1.82, 2.24) is 20.5 Å². The Bertz CT molecular complexity index is 1100. The maximum Gasteiger partial charge on any atom is 0.349 e. The Morgan fingerprint density at radius 3 is 2.50 bits per heavy atom. The number of amides is 3. The van der Waals surface area contributed by atoms with Crippen LogP contribution in [0.4, 0.5) is 0 Å². The Labute approximate surface area is 209 Å². The van der Waals surface area contributed by atoms with E-state index in [1.807, 2.05) is 13.8 Å². The Balaban J connectivity index is 2.05. The molecule has 2 aromatic rings. The van der Waals surface area contributed by atoms with Crippen LogP contribution in [-0.4, -0.2) is 79.1 Å². The molecule has 11 heteroatoms. The van der Waals surface area contributed by atoms with Gasteiger partial charge in [0.1, 0.15) is 0 Å². The van der Waals surface area contributed by atoms with Crippen molar-refractivity contribution in [3.05, 3.63) is 47.8 Å². The van der Waals surface area contributed by atoms with Gasteiger partial charge in [-0.05, 0) is 37.1 Å². The molecule has 194 valence electrons. The molecule has 3 atom stereocenters. The number of hydrogen-bond acceptors (Lipinski definition) is 7. The lowest BCUT2D eigenvalue weighted by Crippen LogP contribution is -2.54. The van der Waals surface area contributed by atoms with Crippen LogP contribution < -0.4 is 20.1 Å². The van der Waals surface area contributed by atoms with Gasteiger partial charge in [-0.3, -0.25) is 14.4 Å². The van der Waals surface area contributed by atoms with E-state index < -0.39 is 36.0 Å². The Kier molecular flexibility index (Phi) is 8.57. The van der Waals surface area contributed by atoms with Gasteiger partial charge >= 0.3 is 5.97 Å². The molecule has 0 saturated heterocycles. The molecule has 11 nitrogen and oxygen atoms in total. The van der Waals surface area contributed by atoms with Crippen molar-refractivity contribution in [2.75, 3.05) is 27.3 Å². The van der Waals surface area contributed by atoms with E-state index in [0.717, 1.165) is 0 Å². The summed E-state index contributed by atoms with van der Waals surface area (Å²) in [4.78, 5) is 56.2. The van der Waals surface area contributed by atoms with E-state index in [4.69, 9.17) is 14.2 Å². The number of H-pyrrole nitrogens is 1. The molecule has 1 aromatic heterocycles. The third-order valence-corrected chi connectivity index (χ3v) is 5.96. The lowest BCUT2D eigenvalue weighted by molar-refractivity contribution is -0.150. The van der Waals surface area contributed by atoms with E-state index in [9.17, 15) is 19.2 Å². The number of nitrogens with zero attached hydrogens (tertiary/aromatic N) is 1. The summed E-state index contributed by atoms with van der Waals surface area (Å²) in [5.74, 6) is -1.62. The van der Waals surface area contributed by atoms with Crippen LogP contribution in [0.5, 0.6) is 11.5 Å². The summed E-state index contributed by atoms with van der Waals surface area (Å²) in [5.41, 5.74) is 0.652. The van der Waals surface area contributed by atoms with Crippen LogP contribution in [-0.2, 0) is 14.3 Å². The van der Waals surface area contributed by atoms with Crippen LogP contribution in [0, 0.1) is 5.92 Å². The number of aromatic amines is 1. The summed E-state index contributed by atoms with van der Waals surface area (Å²) in [5, 5.41) is 5.69. The third-order valence-electron chi connectivity index (χ3n) is 5.96. The summed E-state index contributed by atoms with van der Waals surface area (Å²) < 4.78 is 16.1. The zero-order chi connectivity index (χ0) is 26.4. The largest absolute Gasteiger partial charge is 0.493 e. The molecule has 3 rings (SSSR count). The molecule has 0 radical (unpaired) electrons. The molecule has 0 aliphatic carbocycles. The number of esters is 1. The minimum atomic E-state index is -1.24. The van der Waals surface area contributed by atoms with Crippen LogP contribution in [0.3, 0.4) is 0 Å². The second-order valence-corrected chi connectivity index (χ2v) is 8.89. The molecular weight excluding hydrogens is 468 g/mol. The van der Waals surface area contributed by atoms with Crippen molar-refractivity contribution in [3.63, 3.8) is 0 Å². The van der Waals surface area contributed by atoms with E-state index >= 15 is 0 Å². The van der Waals surface area contributed by atoms with E-state index in [1.54, 1.807) is 31.3 Å². The van der Waals surface area contributed by atoms with Crippen LogP contribution in [0.1, 0.15) is 41.5 Å². The number of rotatable bonds is 4. The predicted molar refractivity (Wildman–Crippen MR) is 130 cm³/mol. The fourth-order valence-corrected chi connectivity index (χ4v) is 3.84. The van der Waals surface area contributed by atoms with E-state index in [-0.39, 0.29) is 36.2 Å². The molecule has 36 heavy (non-hydrogen) atoms. The molecule has 2 bridgehead atoms. The summed E-state index contributed by atoms with van der Waals surface area (Å²) >= 11 is 0. The first-order valence-corrected chi connectivity index (χ1v) is 11.6. The van der Waals surface area contributed by atoms with Gasteiger partial charge in [0.25, 0.3) is 11.8 Å². The SMILES string of the molecule is COC(=O)[C@@H]1Oc2cc(ccc2OC)C(=O)N[C@@H](C(C)C)CN(C(=O)c2cc[nH]c2)CC(=O)N[C@H]1C. The Morgan fingerprint density at radius 2 is 1.89 bits per heavy atom. The number of carbonyl (C=O) groups excluding carboxylic acids is 4. The zero-order valence-electron chi connectivity index (χ0n) is 21.0. The highest BCUT2D eigenvalue weighted by atomic mass is 16.6. The van der Waals surface area contributed by atoms with Gasteiger partial charge in [0.15, 0.2) is 11.5 Å². The van der Waals surface area contributed by atoms with Crippen molar-refractivity contribution < 1.29 is 33.4 Å². The molecule has 0 fully saturated rings. The van der Waals surface area contributed by atoms with Crippen LogP contribution >= 0.6 is 0 Å². The molecule has 3 N–H and O–H groups in total. The lowest BCUT2D eigenvalue weighted by atomic mass is 10.0. The number of benzene rings is 1. The first-order valence-electron chi connectivity index (χ1n) is 11.6. The highest BCUT2D eigenvalue weighted by Crippen LogP contribution is 2.30. The molecule has 3 amide bonds. The Hall–Kier alpha value is -4.02. The standard InChI is InChI=1S/C25H32N4O7/c1-14(2)18-12-29(24(32)17-8-9-26-11-17)13-21(30)27-15(3)22(25(33)35-5)36-20-10-16(23(31)28-18)6-7-19(20)34-4/h6-11,14-15,18,22,26H,12-13H2,1-5H3,(H,27,30)(H,28,31)/t15-,18+,22+/m0/s1. The maximum absolute atomic E-state index is 13.2. The molecule has 1 aliphatic rings. The first-order chi connectivity index (χ1) is 17.1. The van der Waals surface area contributed by atoms with Gasteiger partial charge in [-0.15, -0.1) is 0 Å². The minimum Gasteiger partial charge on any atom is -0.493 e. The van der Waals surface area contributed by atoms with E-state index in [2.05, 4.69) is 15.6 Å². The number of methoxy groups -OCH3 is 2. The summed E-state index contributed by atoms with van der Waals surface area (Å²) in [6.07, 6.45) is 1.91. The zero-order valence-corrected chi connectivity index (χ0v) is 21.0. The second kappa shape index (κ2) is 11.6. The lowest BCUT2D eigenvalue weighted by Gasteiger charge is -2.31. The summed E-state index contributed by atoms with van der Waals surface area (Å²) in [6.45, 7) is 5.21. The van der Waals surface area contributed by atoms with E-state index in [1.165, 1.54) is 31.4 Å². The van der Waals surface area contributed by atoms with Crippen molar-refractivity contribution in [3.8, 4) is 11.5 Å². The number of hydrogen-bond donors (Lipinski definition) is 3. The Morgan fingerprint density at radius 1 is 1.14 bits per heavy atom. The van der Waals surface area contributed by atoms with Crippen molar-refractivity contribution >= 4 is 23.7 Å². The van der Waals surface area contributed by atoms with Crippen LogP contribution in [0.25, 0.3) is 0 Å². The monoisotopic (exact) mass is 500 g/mol. The highest BCUT2D eigenvalue weighted by molar-refractivity contribution is 5.97. The fourth-order valence-electron chi connectivity index (χ4n) is 3.84. The number of nitrogens with one attached hydrogen (secondary N) is 3. The molecule has 1 aromatic carbocycles. The van der Waals surface area contributed by atoms with Gasteiger partial charge in [0, 0.05) is 30.5 Å². The number of aromatic nitrogens is 1. The fraction of sp³-hybridized carbons (Fsp3) is 0.440. The van der Waals surface area contributed by atoms with Gasteiger partial charge in [0.05, 0.1) is 32.4 Å². The smallest absolute Gasteiger partial charge is 0.349 e. The van der Waals surface area contributed by atoms with E-state index in [0.29, 0.717) is 11.3 Å². The minimum absolute atomic E-state index is 0.0527. The van der Waals surface area contributed by atoms with Crippen molar-refractivity contribution in [2.24, 2.45) is 5.92 Å². The average molecular weight is 501 g/mol. The molecule has 1 aliphatic heterocycles. The first kappa shape index (κ1) is 26.6. The number of fused-ring (bicyclic) bond motifs is 2. The second-order valence-electron chi connectivity index (χ2n) is 8.89. The highest BCUT2D eigenvalue weighted by Gasteiger charge is 2.33. The molecule has 2 heterocycles. The summed E-state index contributed by atoms with van der Waals surface area (Å²) in [7, 11) is 2.64. The van der Waals surface area contributed by atoms with Crippen LogP contribution in [0.2, 0.25) is 0 Å². The van der Waals surface area contributed by atoms with Gasteiger partial charge < -0.3 is 34.7 Å². The van der Waals surface area contributed by atoms with Gasteiger partial charge in [-0.2, -0.15) is 0 Å². The topological polar surface area (TPSA) is 139 Å². The van der Waals surface area contributed by atoms with Gasteiger partial charge in [0.2, 0.25) is 12.0 Å².